The summed E-state index contributed by atoms with van der Waals surface area (Å²) in [7, 11) is 1.43. The van der Waals surface area contributed by atoms with E-state index in [0.29, 0.717) is 22.4 Å². The number of carbonyl (C=O) groups is 2. The number of hydrogen-bond acceptors (Lipinski definition) is 8. The van der Waals surface area contributed by atoms with Gasteiger partial charge in [-0.25, -0.2) is 9.79 Å². The lowest BCUT2D eigenvalue weighted by atomic mass is 10.1. The molecule has 0 N–H and O–H groups in total. The number of rotatable bonds is 5. The fourth-order valence-electron chi connectivity index (χ4n) is 2.70. The Morgan fingerprint density at radius 1 is 1.21 bits per heavy atom. The monoisotopic (exact) mass is 396 g/mol. The van der Waals surface area contributed by atoms with Gasteiger partial charge in [0.2, 0.25) is 5.90 Å². The second-order valence-corrected chi connectivity index (χ2v) is 6.10. The minimum atomic E-state index is -0.654. The third-order valence-electron chi connectivity index (χ3n) is 4.01. The van der Waals surface area contributed by atoms with Gasteiger partial charge in [0.1, 0.15) is 0 Å². The number of benzene rings is 2. The molecule has 148 valence electrons. The first-order valence-electron chi connectivity index (χ1n) is 8.43. The fourth-order valence-corrected chi connectivity index (χ4v) is 2.70. The minimum absolute atomic E-state index is 0.0330. The second-order valence-electron chi connectivity index (χ2n) is 6.10. The maximum Gasteiger partial charge on any atom is 0.363 e. The van der Waals surface area contributed by atoms with Gasteiger partial charge < -0.3 is 14.2 Å². The number of nitrogens with zero attached hydrogens (tertiary/aromatic N) is 2. The van der Waals surface area contributed by atoms with E-state index in [4.69, 9.17) is 14.2 Å². The van der Waals surface area contributed by atoms with Crippen LogP contribution in [0.15, 0.2) is 47.1 Å². The Hall–Kier alpha value is -4.01. The van der Waals surface area contributed by atoms with E-state index >= 15 is 0 Å². The van der Waals surface area contributed by atoms with Gasteiger partial charge in [-0.3, -0.25) is 14.9 Å². The van der Waals surface area contributed by atoms with Crippen molar-refractivity contribution in [1.82, 2.24) is 0 Å². The number of nitro benzene ring substituents is 1. The average molecular weight is 396 g/mol. The molecule has 0 aliphatic carbocycles. The zero-order valence-electron chi connectivity index (χ0n) is 15.8. The van der Waals surface area contributed by atoms with Gasteiger partial charge in [-0.15, -0.1) is 0 Å². The van der Waals surface area contributed by atoms with Gasteiger partial charge >= 0.3 is 11.9 Å². The van der Waals surface area contributed by atoms with Crippen LogP contribution in [0.5, 0.6) is 11.5 Å². The van der Waals surface area contributed by atoms with Gasteiger partial charge in [-0.2, -0.15) is 0 Å². The van der Waals surface area contributed by atoms with E-state index in [0.717, 1.165) is 0 Å². The molecule has 0 aromatic heterocycles. The Labute approximate surface area is 165 Å². The predicted octanol–water partition coefficient (Wildman–Crippen LogP) is 3.18. The Morgan fingerprint density at radius 2 is 1.97 bits per heavy atom. The zero-order valence-corrected chi connectivity index (χ0v) is 15.8. The standard InChI is InChI=1S/C20H16N2O7/c1-11-8-14(5-6-16(11)22(25)26)19-21-15(20(24)29-19)9-13-4-7-17(28-12(2)23)18(10-13)27-3/h4-10H,1-3H3/b15-9-. The van der Waals surface area contributed by atoms with Gasteiger partial charge in [0.05, 0.1) is 12.0 Å². The first kappa shape index (κ1) is 19.7. The quantitative estimate of drug-likeness (QED) is 0.250. The molecule has 0 amide bonds. The van der Waals surface area contributed by atoms with E-state index in [2.05, 4.69) is 4.99 Å². The van der Waals surface area contributed by atoms with Gasteiger partial charge in [0.15, 0.2) is 17.2 Å². The Morgan fingerprint density at radius 3 is 2.59 bits per heavy atom. The van der Waals surface area contributed by atoms with Crippen LogP contribution in [0.1, 0.15) is 23.6 Å². The van der Waals surface area contributed by atoms with Gasteiger partial charge in [0.25, 0.3) is 5.69 Å². The highest BCUT2D eigenvalue weighted by molar-refractivity contribution is 6.13. The lowest BCUT2D eigenvalue weighted by Gasteiger charge is -2.08. The normalized spacial score (nSPS) is 14.4. The fraction of sp³-hybridized carbons (Fsp3) is 0.150. The lowest BCUT2D eigenvalue weighted by Crippen LogP contribution is -2.06. The smallest absolute Gasteiger partial charge is 0.363 e. The molecule has 2 aromatic carbocycles. The number of aliphatic imine (C=N–C) groups is 1. The molecule has 3 rings (SSSR count). The molecule has 0 bridgehead atoms. The van der Waals surface area contributed by atoms with Crippen molar-refractivity contribution in [3.63, 3.8) is 0 Å². The SMILES string of the molecule is COc1cc(/C=C2\N=C(c3ccc([N+](=O)[O-])c(C)c3)OC2=O)ccc1OC(C)=O. The lowest BCUT2D eigenvalue weighted by molar-refractivity contribution is -0.385. The molecule has 29 heavy (non-hydrogen) atoms. The molecule has 1 aliphatic heterocycles. The molecular formula is C20H16N2O7. The number of carbonyl (C=O) groups excluding carboxylic acids is 2. The van der Waals surface area contributed by atoms with E-state index in [1.54, 1.807) is 19.1 Å². The second kappa shape index (κ2) is 7.93. The van der Waals surface area contributed by atoms with Gasteiger partial charge in [-0.1, -0.05) is 6.07 Å². The summed E-state index contributed by atoms with van der Waals surface area (Å²) in [5, 5.41) is 10.9. The van der Waals surface area contributed by atoms with Crippen LogP contribution in [0.2, 0.25) is 0 Å². The summed E-state index contributed by atoms with van der Waals surface area (Å²) in [6, 6.07) is 9.09. The maximum absolute atomic E-state index is 12.2. The molecule has 0 fully saturated rings. The first-order valence-corrected chi connectivity index (χ1v) is 8.43. The Kier molecular flexibility index (Phi) is 5.40. The van der Waals surface area contributed by atoms with E-state index in [9.17, 15) is 19.7 Å². The van der Waals surface area contributed by atoms with Crippen molar-refractivity contribution in [1.29, 1.82) is 0 Å². The molecule has 9 heteroatoms. The van der Waals surface area contributed by atoms with Crippen molar-refractivity contribution in [3.05, 3.63) is 68.9 Å². The summed E-state index contributed by atoms with van der Waals surface area (Å²) in [5.74, 6) is -0.513. The number of cyclic esters (lactones) is 1. The summed E-state index contributed by atoms with van der Waals surface area (Å²) < 4.78 is 15.4. The van der Waals surface area contributed by atoms with Crippen LogP contribution in [0.4, 0.5) is 5.69 Å². The van der Waals surface area contributed by atoms with Crippen molar-refractivity contribution < 1.29 is 28.7 Å². The molecule has 2 aromatic rings. The molecule has 0 saturated carbocycles. The summed E-state index contributed by atoms with van der Waals surface area (Å²) in [4.78, 5) is 38.0. The van der Waals surface area contributed by atoms with Crippen molar-refractivity contribution in [3.8, 4) is 11.5 Å². The maximum atomic E-state index is 12.2. The Balaban J connectivity index is 1.91. The highest BCUT2D eigenvalue weighted by atomic mass is 16.6. The number of aryl methyl sites for hydroxylation is 1. The molecular weight excluding hydrogens is 380 g/mol. The Bertz CT molecular complexity index is 1090. The van der Waals surface area contributed by atoms with Crippen LogP contribution in [0.3, 0.4) is 0 Å². The number of esters is 2. The van der Waals surface area contributed by atoms with Crippen LogP contribution in [-0.4, -0.2) is 29.9 Å². The summed E-state index contributed by atoms with van der Waals surface area (Å²) in [6.07, 6.45) is 1.49. The molecule has 0 saturated heterocycles. The van der Waals surface area contributed by atoms with Crippen molar-refractivity contribution in [2.45, 2.75) is 13.8 Å². The average Bonchev–Trinajstić information content (AvgIpc) is 3.02. The molecule has 0 radical (unpaired) electrons. The summed E-state index contributed by atoms with van der Waals surface area (Å²) in [5.41, 5.74) is 1.48. The van der Waals surface area contributed by atoms with Crippen molar-refractivity contribution in [2.24, 2.45) is 4.99 Å². The number of ether oxygens (including phenoxy) is 3. The summed E-state index contributed by atoms with van der Waals surface area (Å²) in [6.45, 7) is 2.87. The van der Waals surface area contributed by atoms with Crippen LogP contribution < -0.4 is 9.47 Å². The molecule has 1 aliphatic rings. The van der Waals surface area contributed by atoms with Crippen LogP contribution in [0, 0.1) is 17.0 Å². The molecule has 1 heterocycles. The molecule has 0 spiro atoms. The molecule has 0 atom stereocenters. The first-order chi connectivity index (χ1) is 13.8. The van der Waals surface area contributed by atoms with E-state index in [1.165, 1.54) is 44.4 Å². The third-order valence-corrected chi connectivity index (χ3v) is 4.01. The van der Waals surface area contributed by atoms with E-state index in [1.807, 2.05) is 0 Å². The topological polar surface area (TPSA) is 117 Å². The van der Waals surface area contributed by atoms with Crippen LogP contribution >= 0.6 is 0 Å². The summed E-state index contributed by atoms with van der Waals surface area (Å²) >= 11 is 0. The molecule has 9 nitrogen and oxygen atoms in total. The predicted molar refractivity (Wildman–Crippen MR) is 103 cm³/mol. The highest BCUT2D eigenvalue weighted by Gasteiger charge is 2.25. The number of methoxy groups -OCH3 is 1. The van der Waals surface area contributed by atoms with Gasteiger partial charge in [-0.05, 0) is 42.8 Å². The van der Waals surface area contributed by atoms with Crippen LogP contribution in [0.25, 0.3) is 6.08 Å². The van der Waals surface area contributed by atoms with E-state index in [-0.39, 0.29) is 23.0 Å². The number of nitro groups is 1. The van der Waals surface area contributed by atoms with E-state index < -0.39 is 16.9 Å². The largest absolute Gasteiger partial charge is 0.493 e. The van der Waals surface area contributed by atoms with Crippen LogP contribution in [-0.2, 0) is 14.3 Å². The zero-order chi connectivity index (χ0) is 21.1. The highest BCUT2D eigenvalue weighted by Crippen LogP contribution is 2.30. The third kappa shape index (κ3) is 4.29. The van der Waals surface area contributed by atoms with Gasteiger partial charge in [0, 0.05) is 24.1 Å². The minimum Gasteiger partial charge on any atom is -0.493 e. The molecule has 0 unspecified atom stereocenters. The number of hydrogen-bond donors (Lipinski definition) is 0. The van der Waals surface area contributed by atoms with Crippen molar-refractivity contribution >= 4 is 29.6 Å². The van der Waals surface area contributed by atoms with Crippen molar-refractivity contribution in [2.75, 3.05) is 7.11 Å².